The van der Waals surface area contributed by atoms with Crippen molar-refractivity contribution in [2.75, 3.05) is 5.32 Å². The van der Waals surface area contributed by atoms with Crippen LogP contribution < -0.4 is 15.5 Å². The smallest absolute Gasteiger partial charge is 0.343 e. The van der Waals surface area contributed by atoms with Gasteiger partial charge in [-0.1, -0.05) is 72.3 Å². The molecule has 0 aliphatic carbocycles. The van der Waals surface area contributed by atoms with Gasteiger partial charge in [-0.3, -0.25) is 9.59 Å². The van der Waals surface area contributed by atoms with Crippen LogP contribution in [0.25, 0.3) is 10.8 Å². The predicted octanol–water partition coefficient (Wildman–Crippen LogP) is 4.80. The lowest BCUT2D eigenvalue weighted by Crippen LogP contribution is -2.32. The number of hydrogen-bond donors (Lipinski definition) is 2. The third-order valence-electron chi connectivity index (χ3n) is 4.83. The van der Waals surface area contributed by atoms with Crippen molar-refractivity contribution in [2.45, 2.75) is 0 Å². The van der Waals surface area contributed by atoms with Gasteiger partial charge in [0.2, 0.25) is 0 Å². The van der Waals surface area contributed by atoms with E-state index in [4.69, 9.17) is 16.3 Å². The largest absolute Gasteiger partial charge is 0.422 e. The Hall–Kier alpha value is -4.49. The number of esters is 1. The molecule has 0 heterocycles. The molecule has 168 valence electrons. The van der Waals surface area contributed by atoms with Crippen LogP contribution in [0.2, 0.25) is 5.02 Å². The lowest BCUT2D eigenvalue weighted by Gasteiger charge is -2.10. The van der Waals surface area contributed by atoms with E-state index in [0.717, 1.165) is 10.8 Å². The molecule has 7 nitrogen and oxygen atoms in total. The molecule has 0 bridgehead atoms. The highest BCUT2D eigenvalue weighted by Gasteiger charge is 2.16. The van der Waals surface area contributed by atoms with Crippen molar-refractivity contribution < 1.29 is 19.1 Å². The van der Waals surface area contributed by atoms with Crippen molar-refractivity contribution in [1.82, 2.24) is 5.43 Å². The third kappa shape index (κ3) is 5.28. The molecule has 2 amide bonds. The van der Waals surface area contributed by atoms with Crippen LogP contribution >= 0.6 is 11.6 Å². The maximum Gasteiger partial charge on any atom is 0.343 e. The molecule has 0 radical (unpaired) electrons. The van der Waals surface area contributed by atoms with Gasteiger partial charge in [0.15, 0.2) is 0 Å². The number of benzene rings is 4. The van der Waals surface area contributed by atoms with E-state index in [0.29, 0.717) is 21.8 Å². The van der Waals surface area contributed by atoms with Crippen LogP contribution in [0.1, 0.15) is 15.9 Å². The molecule has 0 saturated carbocycles. The van der Waals surface area contributed by atoms with Gasteiger partial charge in [-0.15, -0.1) is 0 Å². The molecule has 0 aromatic heterocycles. The van der Waals surface area contributed by atoms with E-state index in [1.54, 1.807) is 60.7 Å². The van der Waals surface area contributed by atoms with Crippen LogP contribution in [0.15, 0.2) is 96.1 Å². The van der Waals surface area contributed by atoms with Crippen LogP contribution in [0, 0.1) is 0 Å². The minimum absolute atomic E-state index is 0.256. The highest BCUT2D eigenvalue weighted by Crippen LogP contribution is 2.27. The number of carbonyl (C=O) groups is 3. The first-order chi connectivity index (χ1) is 16.5. The van der Waals surface area contributed by atoms with Crippen LogP contribution in [-0.4, -0.2) is 24.0 Å². The predicted molar refractivity (Wildman–Crippen MR) is 131 cm³/mol. The fourth-order valence-corrected chi connectivity index (χ4v) is 3.36. The second-order valence-electron chi connectivity index (χ2n) is 7.09. The molecular formula is C26H18ClN3O4. The van der Waals surface area contributed by atoms with Gasteiger partial charge in [-0.2, -0.15) is 5.10 Å². The Morgan fingerprint density at radius 2 is 1.50 bits per heavy atom. The molecule has 0 saturated heterocycles. The number of halogens is 1. The Kier molecular flexibility index (Phi) is 6.95. The number of para-hydroxylation sites is 1. The van der Waals surface area contributed by atoms with Crippen molar-refractivity contribution in [3.05, 3.63) is 107 Å². The van der Waals surface area contributed by atoms with Gasteiger partial charge in [0, 0.05) is 5.56 Å². The number of anilines is 1. The molecule has 34 heavy (non-hydrogen) atoms. The SMILES string of the molecule is O=C(NN=Cc1c(OC(=O)c2ccccc2)ccc2ccccc12)C(=O)Nc1ccccc1Cl. The Labute approximate surface area is 200 Å². The Morgan fingerprint density at radius 1 is 0.794 bits per heavy atom. The van der Waals surface area contributed by atoms with Crippen LogP contribution in [0.3, 0.4) is 0 Å². The van der Waals surface area contributed by atoms with Gasteiger partial charge in [0.05, 0.1) is 22.5 Å². The number of carbonyl (C=O) groups excluding carboxylic acids is 3. The van der Waals surface area contributed by atoms with Gasteiger partial charge in [-0.25, -0.2) is 10.2 Å². The first kappa shape index (κ1) is 22.7. The molecule has 0 spiro atoms. The second kappa shape index (κ2) is 10.4. The number of nitrogens with one attached hydrogen (secondary N) is 2. The standard InChI is InChI=1S/C26H18ClN3O4/c27-21-12-6-7-13-22(21)29-24(31)25(32)30-28-16-20-19-11-5-4-8-17(19)14-15-23(20)34-26(33)18-9-2-1-3-10-18/h1-16H,(H,29,31)(H,30,32). The van der Waals surface area contributed by atoms with Gasteiger partial charge in [-0.05, 0) is 41.1 Å². The highest BCUT2D eigenvalue weighted by molar-refractivity contribution is 6.41. The van der Waals surface area contributed by atoms with Crippen molar-refractivity contribution in [2.24, 2.45) is 5.10 Å². The second-order valence-corrected chi connectivity index (χ2v) is 7.49. The summed E-state index contributed by atoms with van der Waals surface area (Å²) in [6.45, 7) is 0. The summed E-state index contributed by atoms with van der Waals surface area (Å²) in [5.74, 6) is -2.20. The van der Waals surface area contributed by atoms with E-state index < -0.39 is 17.8 Å². The molecule has 4 aromatic carbocycles. The molecule has 0 unspecified atom stereocenters. The van der Waals surface area contributed by atoms with E-state index in [9.17, 15) is 14.4 Å². The van der Waals surface area contributed by atoms with Crippen molar-refractivity contribution in [3.63, 3.8) is 0 Å². The van der Waals surface area contributed by atoms with Crippen molar-refractivity contribution in [1.29, 1.82) is 0 Å². The fourth-order valence-electron chi connectivity index (χ4n) is 3.18. The van der Waals surface area contributed by atoms with Crippen molar-refractivity contribution >= 4 is 52.1 Å². The lowest BCUT2D eigenvalue weighted by atomic mass is 10.0. The minimum Gasteiger partial charge on any atom is -0.422 e. The topological polar surface area (TPSA) is 96.9 Å². The van der Waals surface area contributed by atoms with Gasteiger partial charge < -0.3 is 10.1 Å². The summed E-state index contributed by atoms with van der Waals surface area (Å²) in [6.07, 6.45) is 1.33. The van der Waals surface area contributed by atoms with Crippen molar-refractivity contribution in [3.8, 4) is 5.75 Å². The average molecular weight is 472 g/mol. The first-order valence-corrected chi connectivity index (χ1v) is 10.6. The van der Waals surface area contributed by atoms with Crippen LogP contribution in [0.4, 0.5) is 5.69 Å². The first-order valence-electron chi connectivity index (χ1n) is 10.2. The Bertz CT molecular complexity index is 1400. The number of hydrogen-bond acceptors (Lipinski definition) is 5. The average Bonchev–Trinajstić information content (AvgIpc) is 2.86. The molecule has 0 aliphatic rings. The van der Waals surface area contributed by atoms with E-state index in [-0.39, 0.29) is 5.75 Å². The Balaban J connectivity index is 1.54. The van der Waals surface area contributed by atoms with Gasteiger partial charge in [0.1, 0.15) is 5.75 Å². The summed E-state index contributed by atoms with van der Waals surface area (Å²) in [5, 5.41) is 8.25. The van der Waals surface area contributed by atoms with Gasteiger partial charge >= 0.3 is 17.8 Å². The fraction of sp³-hybridized carbons (Fsp3) is 0. The summed E-state index contributed by atoms with van der Waals surface area (Å²) >= 11 is 6.00. The summed E-state index contributed by atoms with van der Waals surface area (Å²) in [4.78, 5) is 36.9. The van der Waals surface area contributed by atoms with Gasteiger partial charge in [0.25, 0.3) is 0 Å². The molecular weight excluding hydrogens is 454 g/mol. The molecule has 8 heteroatoms. The number of nitrogens with zero attached hydrogens (tertiary/aromatic N) is 1. The zero-order chi connectivity index (χ0) is 23.9. The zero-order valence-electron chi connectivity index (χ0n) is 17.7. The number of ether oxygens (including phenoxy) is 1. The van der Waals surface area contributed by atoms with E-state index in [1.807, 2.05) is 30.3 Å². The monoisotopic (exact) mass is 471 g/mol. The summed E-state index contributed by atoms with van der Waals surface area (Å²) in [6, 6.07) is 26.0. The molecule has 0 aliphatic heterocycles. The molecule has 0 fully saturated rings. The van der Waals surface area contributed by atoms with Crippen LogP contribution in [0.5, 0.6) is 5.75 Å². The third-order valence-corrected chi connectivity index (χ3v) is 5.16. The van der Waals surface area contributed by atoms with E-state index in [1.165, 1.54) is 6.21 Å². The molecule has 2 N–H and O–H groups in total. The number of hydrazone groups is 1. The lowest BCUT2D eigenvalue weighted by molar-refractivity contribution is -0.136. The summed E-state index contributed by atoms with van der Waals surface area (Å²) in [7, 11) is 0. The molecule has 4 rings (SSSR count). The number of amides is 2. The highest BCUT2D eigenvalue weighted by atomic mass is 35.5. The normalized spacial score (nSPS) is 10.7. The molecule has 0 atom stereocenters. The Morgan fingerprint density at radius 3 is 2.29 bits per heavy atom. The summed E-state index contributed by atoms with van der Waals surface area (Å²) in [5.41, 5.74) is 3.34. The number of fused-ring (bicyclic) bond motifs is 1. The summed E-state index contributed by atoms with van der Waals surface area (Å²) < 4.78 is 5.60. The van der Waals surface area contributed by atoms with Crippen LogP contribution in [-0.2, 0) is 9.59 Å². The quantitative estimate of drug-likeness (QED) is 0.144. The van der Waals surface area contributed by atoms with E-state index in [2.05, 4.69) is 15.8 Å². The van der Waals surface area contributed by atoms with E-state index >= 15 is 0 Å². The minimum atomic E-state index is -0.987. The molecule has 4 aromatic rings. The number of rotatable bonds is 5. The zero-order valence-corrected chi connectivity index (χ0v) is 18.5. The maximum absolute atomic E-state index is 12.6. The maximum atomic E-state index is 12.6.